The summed E-state index contributed by atoms with van der Waals surface area (Å²) in [7, 11) is 1.69. The molecule has 0 aromatic carbocycles. The molecule has 0 spiro atoms. The lowest BCUT2D eigenvalue weighted by Crippen LogP contribution is -2.46. The normalized spacial score (nSPS) is 25.3. The Hall–Kier alpha value is -0.610. The van der Waals surface area contributed by atoms with E-state index in [9.17, 15) is 4.79 Å². The van der Waals surface area contributed by atoms with E-state index >= 15 is 0 Å². The van der Waals surface area contributed by atoms with Crippen LogP contribution < -0.4 is 5.73 Å². The summed E-state index contributed by atoms with van der Waals surface area (Å²) >= 11 is 0. The third kappa shape index (κ3) is 2.92. The molecule has 3 atom stereocenters. The lowest BCUT2D eigenvalue weighted by molar-refractivity contribution is -0.133. The van der Waals surface area contributed by atoms with Gasteiger partial charge in [-0.05, 0) is 12.3 Å². The Bertz CT molecular complexity index is 221. The monoisotopic (exact) mass is 214 g/mol. The molecule has 0 aromatic heterocycles. The molecule has 0 aliphatic carbocycles. The Kier molecular flexibility index (Phi) is 4.54. The van der Waals surface area contributed by atoms with E-state index < -0.39 is 0 Å². The summed E-state index contributed by atoms with van der Waals surface area (Å²) in [5, 5.41) is 0. The number of amides is 1. The molecule has 4 heteroatoms. The minimum absolute atomic E-state index is 0.0731. The highest BCUT2D eigenvalue weighted by Crippen LogP contribution is 2.15. The van der Waals surface area contributed by atoms with E-state index in [1.54, 1.807) is 7.11 Å². The number of nitrogens with zero attached hydrogens (tertiary/aromatic N) is 1. The van der Waals surface area contributed by atoms with Gasteiger partial charge < -0.3 is 15.4 Å². The first-order chi connectivity index (χ1) is 7.10. The van der Waals surface area contributed by atoms with Crippen molar-refractivity contribution >= 4 is 5.91 Å². The Labute approximate surface area is 91.8 Å². The number of ether oxygens (including phenoxy) is 1. The summed E-state index contributed by atoms with van der Waals surface area (Å²) in [5.74, 6) is 0.322. The number of rotatable bonds is 4. The van der Waals surface area contributed by atoms with E-state index in [0.717, 1.165) is 19.4 Å². The van der Waals surface area contributed by atoms with Crippen molar-refractivity contribution in [3.05, 3.63) is 0 Å². The molecule has 0 aromatic rings. The summed E-state index contributed by atoms with van der Waals surface area (Å²) < 4.78 is 5.22. The fraction of sp³-hybridized carbons (Fsp3) is 0.909. The first-order valence-electron chi connectivity index (χ1n) is 5.67. The van der Waals surface area contributed by atoms with Crippen molar-refractivity contribution in [2.75, 3.05) is 20.2 Å². The lowest BCUT2D eigenvalue weighted by atomic mass is 9.99. The number of hydrogen-bond acceptors (Lipinski definition) is 3. The summed E-state index contributed by atoms with van der Waals surface area (Å²) in [6.45, 7) is 5.55. The van der Waals surface area contributed by atoms with Gasteiger partial charge in [0.25, 0.3) is 0 Å². The average Bonchev–Trinajstić information content (AvgIpc) is 2.74. The van der Waals surface area contributed by atoms with Gasteiger partial charge in [0.15, 0.2) is 0 Å². The summed E-state index contributed by atoms with van der Waals surface area (Å²) in [6.07, 6.45) is 2.06. The third-order valence-electron chi connectivity index (χ3n) is 3.33. The van der Waals surface area contributed by atoms with E-state index in [1.165, 1.54) is 0 Å². The number of nitrogens with two attached hydrogens (primary N) is 1. The van der Waals surface area contributed by atoms with Crippen LogP contribution in [0.3, 0.4) is 0 Å². The van der Waals surface area contributed by atoms with Gasteiger partial charge >= 0.3 is 0 Å². The van der Waals surface area contributed by atoms with Crippen LogP contribution in [0.5, 0.6) is 0 Å². The summed E-state index contributed by atoms with van der Waals surface area (Å²) in [6, 6.07) is -0.356. The highest BCUT2D eigenvalue weighted by molar-refractivity contribution is 5.82. The zero-order valence-corrected chi connectivity index (χ0v) is 9.90. The standard InChI is InChI=1S/C11H22N2O2/c1-4-8(2)10(12)11(14)13-6-5-9(7-13)15-3/h8-10H,4-7,12H2,1-3H3/t8-,9?,10-/m0/s1. The van der Waals surface area contributed by atoms with Crippen molar-refractivity contribution in [2.24, 2.45) is 11.7 Å². The van der Waals surface area contributed by atoms with Gasteiger partial charge in [0.2, 0.25) is 5.91 Å². The molecule has 1 unspecified atom stereocenters. The molecule has 1 amide bonds. The number of methoxy groups -OCH3 is 1. The molecule has 1 saturated heterocycles. The molecule has 1 fully saturated rings. The summed E-state index contributed by atoms with van der Waals surface area (Å²) in [4.78, 5) is 13.8. The van der Waals surface area contributed by atoms with Crippen LogP contribution in [0, 0.1) is 5.92 Å². The van der Waals surface area contributed by atoms with Gasteiger partial charge in [-0.25, -0.2) is 0 Å². The van der Waals surface area contributed by atoms with Gasteiger partial charge in [-0.3, -0.25) is 4.79 Å². The predicted octanol–water partition coefficient (Wildman–Crippen LogP) is 0.607. The molecule has 1 aliphatic rings. The van der Waals surface area contributed by atoms with E-state index in [-0.39, 0.29) is 24.0 Å². The fourth-order valence-electron chi connectivity index (χ4n) is 1.83. The first kappa shape index (κ1) is 12.5. The van der Waals surface area contributed by atoms with Gasteiger partial charge in [-0.15, -0.1) is 0 Å². The molecule has 15 heavy (non-hydrogen) atoms. The van der Waals surface area contributed by atoms with Crippen LogP contribution in [0.4, 0.5) is 0 Å². The van der Waals surface area contributed by atoms with Crippen molar-refractivity contribution in [3.8, 4) is 0 Å². The van der Waals surface area contributed by atoms with E-state index in [1.807, 2.05) is 11.8 Å². The predicted molar refractivity (Wildman–Crippen MR) is 59.4 cm³/mol. The molecule has 1 rings (SSSR count). The molecule has 1 aliphatic heterocycles. The second-order valence-corrected chi connectivity index (χ2v) is 4.34. The minimum Gasteiger partial charge on any atom is -0.380 e. The number of hydrogen-bond donors (Lipinski definition) is 1. The Morgan fingerprint density at radius 2 is 2.33 bits per heavy atom. The van der Waals surface area contributed by atoms with Crippen LogP contribution in [0.25, 0.3) is 0 Å². The van der Waals surface area contributed by atoms with Crippen LogP contribution in [0.2, 0.25) is 0 Å². The zero-order valence-electron chi connectivity index (χ0n) is 9.90. The van der Waals surface area contributed by atoms with Crippen molar-refractivity contribution < 1.29 is 9.53 Å². The van der Waals surface area contributed by atoms with Gasteiger partial charge in [0.05, 0.1) is 12.1 Å². The molecule has 0 saturated carbocycles. The molecule has 2 N–H and O–H groups in total. The second-order valence-electron chi connectivity index (χ2n) is 4.34. The quantitative estimate of drug-likeness (QED) is 0.746. The molecule has 4 nitrogen and oxygen atoms in total. The van der Waals surface area contributed by atoms with Gasteiger partial charge in [0.1, 0.15) is 0 Å². The van der Waals surface area contributed by atoms with Crippen LogP contribution in [-0.2, 0) is 9.53 Å². The highest BCUT2D eigenvalue weighted by Gasteiger charge is 2.30. The van der Waals surface area contributed by atoms with Crippen LogP contribution in [0.15, 0.2) is 0 Å². The topological polar surface area (TPSA) is 55.6 Å². The SMILES string of the molecule is CC[C@H](C)[C@H](N)C(=O)N1CCC(OC)C1. The Morgan fingerprint density at radius 1 is 1.67 bits per heavy atom. The highest BCUT2D eigenvalue weighted by atomic mass is 16.5. The molecule has 0 radical (unpaired) electrons. The van der Waals surface area contributed by atoms with Crippen LogP contribution in [0.1, 0.15) is 26.7 Å². The summed E-state index contributed by atoms with van der Waals surface area (Å²) in [5.41, 5.74) is 5.91. The molecule has 1 heterocycles. The average molecular weight is 214 g/mol. The maximum atomic E-state index is 12.0. The number of carbonyl (C=O) groups excluding carboxylic acids is 1. The third-order valence-corrected chi connectivity index (χ3v) is 3.33. The number of carbonyl (C=O) groups is 1. The zero-order chi connectivity index (χ0) is 11.4. The molecular weight excluding hydrogens is 192 g/mol. The maximum Gasteiger partial charge on any atom is 0.239 e. The maximum absolute atomic E-state index is 12.0. The first-order valence-corrected chi connectivity index (χ1v) is 5.67. The fourth-order valence-corrected chi connectivity index (χ4v) is 1.83. The molecule has 88 valence electrons. The van der Waals surface area contributed by atoms with Gasteiger partial charge in [-0.2, -0.15) is 0 Å². The van der Waals surface area contributed by atoms with Crippen molar-refractivity contribution in [1.82, 2.24) is 4.90 Å². The minimum atomic E-state index is -0.356. The van der Waals surface area contributed by atoms with Crippen molar-refractivity contribution in [2.45, 2.75) is 38.8 Å². The lowest BCUT2D eigenvalue weighted by Gasteiger charge is -2.24. The van der Waals surface area contributed by atoms with Gasteiger partial charge in [0, 0.05) is 20.2 Å². The van der Waals surface area contributed by atoms with Crippen molar-refractivity contribution in [1.29, 1.82) is 0 Å². The molecule has 0 bridgehead atoms. The molecular formula is C11H22N2O2. The van der Waals surface area contributed by atoms with E-state index in [0.29, 0.717) is 6.54 Å². The Balaban J connectivity index is 2.47. The van der Waals surface area contributed by atoms with Gasteiger partial charge in [-0.1, -0.05) is 20.3 Å². The largest absolute Gasteiger partial charge is 0.380 e. The van der Waals surface area contributed by atoms with Crippen LogP contribution >= 0.6 is 0 Å². The second kappa shape index (κ2) is 5.47. The smallest absolute Gasteiger partial charge is 0.239 e. The van der Waals surface area contributed by atoms with Crippen molar-refractivity contribution in [3.63, 3.8) is 0 Å². The number of likely N-dealkylation sites (tertiary alicyclic amines) is 1. The van der Waals surface area contributed by atoms with E-state index in [2.05, 4.69) is 6.92 Å². The Morgan fingerprint density at radius 3 is 2.80 bits per heavy atom. The van der Waals surface area contributed by atoms with Crippen LogP contribution in [-0.4, -0.2) is 43.2 Å². The van der Waals surface area contributed by atoms with E-state index in [4.69, 9.17) is 10.5 Å².